The van der Waals surface area contributed by atoms with Gasteiger partial charge in [0.2, 0.25) is 11.9 Å². The summed E-state index contributed by atoms with van der Waals surface area (Å²) in [5.41, 5.74) is 0.283. The fourth-order valence-electron chi connectivity index (χ4n) is 4.36. The van der Waals surface area contributed by atoms with E-state index in [9.17, 15) is 22.4 Å². The van der Waals surface area contributed by atoms with Gasteiger partial charge in [-0.3, -0.25) is 4.79 Å². The Morgan fingerprint density at radius 2 is 1.70 bits per heavy atom. The largest absolute Gasteiger partial charge is 0.419 e. The maximum Gasteiger partial charge on any atom is 0.419 e. The Kier molecular flexibility index (Phi) is 6.76. The zero-order valence-corrected chi connectivity index (χ0v) is 20.2. The van der Waals surface area contributed by atoms with Crippen LogP contribution in [0, 0.1) is 5.82 Å². The van der Waals surface area contributed by atoms with Crippen molar-refractivity contribution in [2.75, 3.05) is 60.5 Å². The maximum absolute atomic E-state index is 13.8. The zero-order valence-electron chi connectivity index (χ0n) is 19.5. The van der Waals surface area contributed by atoms with E-state index in [0.717, 1.165) is 6.07 Å². The Morgan fingerprint density at radius 3 is 2.41 bits per heavy atom. The van der Waals surface area contributed by atoms with E-state index in [1.165, 1.54) is 24.4 Å². The van der Waals surface area contributed by atoms with Gasteiger partial charge in [-0.15, -0.1) is 0 Å². The van der Waals surface area contributed by atoms with Crippen LogP contribution in [0.1, 0.15) is 5.56 Å². The number of aromatic nitrogens is 3. The van der Waals surface area contributed by atoms with Crippen LogP contribution in [0.2, 0.25) is 5.02 Å². The molecule has 0 bridgehead atoms. The summed E-state index contributed by atoms with van der Waals surface area (Å²) < 4.78 is 54.2. The van der Waals surface area contributed by atoms with Gasteiger partial charge in [0.05, 0.1) is 22.8 Å². The average Bonchev–Trinajstić information content (AvgIpc) is 2.89. The number of hydrogen-bond acceptors (Lipinski definition) is 7. The summed E-state index contributed by atoms with van der Waals surface area (Å²) in [5, 5.41) is 2.70. The van der Waals surface area contributed by atoms with Crippen molar-refractivity contribution in [2.45, 2.75) is 6.18 Å². The van der Waals surface area contributed by atoms with Gasteiger partial charge in [-0.25, -0.2) is 14.4 Å². The molecule has 0 unspecified atom stereocenters. The maximum atomic E-state index is 13.8. The van der Waals surface area contributed by atoms with Crippen molar-refractivity contribution in [1.82, 2.24) is 20.3 Å². The van der Waals surface area contributed by atoms with Crippen molar-refractivity contribution in [3.05, 3.63) is 59.0 Å². The minimum absolute atomic E-state index is 0.0546. The van der Waals surface area contributed by atoms with Crippen molar-refractivity contribution >= 4 is 35.1 Å². The van der Waals surface area contributed by atoms with Crippen LogP contribution in [0.5, 0.6) is 0 Å². The van der Waals surface area contributed by atoms with Crippen molar-refractivity contribution < 1.29 is 22.4 Å². The van der Waals surface area contributed by atoms with Gasteiger partial charge in [-0.1, -0.05) is 11.6 Å². The van der Waals surface area contributed by atoms with Gasteiger partial charge in [0.1, 0.15) is 17.5 Å². The summed E-state index contributed by atoms with van der Waals surface area (Å²) in [5.74, 6) is 0.0593. The lowest BCUT2D eigenvalue weighted by Crippen LogP contribution is -2.49. The fourth-order valence-corrected chi connectivity index (χ4v) is 4.54. The van der Waals surface area contributed by atoms with Gasteiger partial charge in [0.15, 0.2) is 0 Å². The second kappa shape index (κ2) is 10.0. The third kappa shape index (κ3) is 5.38. The summed E-state index contributed by atoms with van der Waals surface area (Å²) in [7, 11) is 0. The molecule has 2 aliphatic heterocycles. The minimum Gasteiger partial charge on any atom is -0.353 e. The van der Waals surface area contributed by atoms with Crippen molar-refractivity contribution in [2.24, 2.45) is 0 Å². The average molecular weight is 536 g/mol. The molecule has 37 heavy (non-hydrogen) atoms. The van der Waals surface area contributed by atoms with Crippen LogP contribution >= 0.6 is 11.6 Å². The highest BCUT2D eigenvalue weighted by molar-refractivity contribution is 6.31. The molecule has 194 valence electrons. The molecule has 0 aliphatic carbocycles. The van der Waals surface area contributed by atoms with E-state index in [2.05, 4.69) is 20.3 Å². The van der Waals surface area contributed by atoms with Crippen molar-refractivity contribution in [3.63, 3.8) is 0 Å². The zero-order chi connectivity index (χ0) is 26.2. The number of benzene rings is 1. The number of pyridine rings is 1. The third-order valence-corrected chi connectivity index (χ3v) is 6.52. The first-order chi connectivity index (χ1) is 17.7. The van der Waals surface area contributed by atoms with Crippen LogP contribution in [-0.4, -0.2) is 66.7 Å². The fraction of sp³-hybridized carbons (Fsp3) is 0.333. The molecule has 1 N–H and O–H groups in total. The number of piperazine rings is 2. The molecule has 2 aromatic heterocycles. The van der Waals surface area contributed by atoms with Gasteiger partial charge >= 0.3 is 6.18 Å². The van der Waals surface area contributed by atoms with E-state index < -0.39 is 17.6 Å². The smallest absolute Gasteiger partial charge is 0.353 e. The number of hydrogen-bond donors (Lipinski definition) is 1. The molecule has 2 fully saturated rings. The number of amides is 1. The van der Waals surface area contributed by atoms with E-state index in [-0.39, 0.29) is 23.3 Å². The number of nitrogens with zero attached hydrogens (tertiary/aromatic N) is 6. The van der Waals surface area contributed by atoms with Gasteiger partial charge in [0.25, 0.3) is 0 Å². The van der Waals surface area contributed by atoms with Crippen LogP contribution in [-0.2, 0) is 11.0 Å². The van der Waals surface area contributed by atoms with Crippen molar-refractivity contribution in [3.8, 4) is 11.3 Å². The summed E-state index contributed by atoms with van der Waals surface area (Å²) in [6.07, 6.45) is -3.16. The lowest BCUT2D eigenvalue weighted by Gasteiger charge is -2.37. The normalized spacial score (nSPS) is 16.7. The molecule has 3 aromatic rings. The summed E-state index contributed by atoms with van der Waals surface area (Å²) in [6, 6.07) is 8.30. The van der Waals surface area contributed by atoms with E-state index in [1.807, 2.05) is 4.90 Å². The Hall–Kier alpha value is -3.67. The number of nitrogens with one attached hydrogen (secondary N) is 1. The molecule has 4 heterocycles. The summed E-state index contributed by atoms with van der Waals surface area (Å²) >= 11 is 6.00. The molecule has 2 aliphatic rings. The molecule has 8 nitrogen and oxygen atoms in total. The molecule has 5 rings (SSSR count). The lowest BCUT2D eigenvalue weighted by molar-refractivity contribution is -0.137. The molecule has 1 aromatic carbocycles. The predicted octanol–water partition coefficient (Wildman–Crippen LogP) is 3.61. The SMILES string of the molecule is O=C1CN(c2nc(-c3ccc(F)c(Cl)c3)cc(N3CCN(c4ncccc4C(F)(F)F)CC3)n2)CCN1. The van der Waals surface area contributed by atoms with Crippen LogP contribution in [0.3, 0.4) is 0 Å². The topological polar surface area (TPSA) is 77.5 Å². The lowest BCUT2D eigenvalue weighted by atomic mass is 10.1. The Bertz CT molecular complexity index is 1310. The summed E-state index contributed by atoms with van der Waals surface area (Å²) in [6.45, 7) is 2.39. The molecule has 0 spiro atoms. The molecule has 2 saturated heterocycles. The number of carbonyl (C=O) groups excluding carboxylic acids is 1. The molecule has 1 amide bonds. The van der Waals surface area contributed by atoms with Gasteiger partial charge < -0.3 is 20.0 Å². The monoisotopic (exact) mass is 535 g/mol. The van der Waals surface area contributed by atoms with Crippen LogP contribution in [0.25, 0.3) is 11.3 Å². The van der Waals surface area contributed by atoms with Crippen LogP contribution in [0.4, 0.5) is 35.1 Å². The van der Waals surface area contributed by atoms with E-state index in [0.29, 0.717) is 62.3 Å². The second-order valence-electron chi connectivity index (χ2n) is 8.66. The molecule has 0 saturated carbocycles. The first-order valence-corrected chi connectivity index (χ1v) is 11.9. The Balaban J connectivity index is 1.44. The summed E-state index contributed by atoms with van der Waals surface area (Å²) in [4.78, 5) is 30.5. The minimum atomic E-state index is -4.51. The number of halogens is 5. The van der Waals surface area contributed by atoms with Crippen LogP contribution in [0.15, 0.2) is 42.6 Å². The first-order valence-electron chi connectivity index (χ1n) is 11.6. The number of rotatable bonds is 4. The van der Waals surface area contributed by atoms with E-state index >= 15 is 0 Å². The quantitative estimate of drug-likeness (QED) is 0.511. The van der Waals surface area contributed by atoms with Crippen molar-refractivity contribution in [1.29, 1.82) is 0 Å². The second-order valence-corrected chi connectivity index (χ2v) is 9.07. The van der Waals surface area contributed by atoms with E-state index in [4.69, 9.17) is 11.6 Å². The highest BCUT2D eigenvalue weighted by Gasteiger charge is 2.36. The molecular weight excluding hydrogens is 514 g/mol. The number of anilines is 3. The molecule has 13 heteroatoms. The first kappa shape index (κ1) is 25.0. The Morgan fingerprint density at radius 1 is 0.946 bits per heavy atom. The predicted molar refractivity (Wildman–Crippen MR) is 131 cm³/mol. The number of carbonyl (C=O) groups is 1. The molecule has 0 radical (unpaired) electrons. The third-order valence-electron chi connectivity index (χ3n) is 6.23. The highest BCUT2D eigenvalue weighted by Crippen LogP contribution is 2.36. The highest BCUT2D eigenvalue weighted by atomic mass is 35.5. The number of alkyl halides is 3. The molecular formula is C24H22ClF4N7O. The molecule has 0 atom stereocenters. The van der Waals surface area contributed by atoms with Gasteiger partial charge in [0, 0.05) is 57.1 Å². The van der Waals surface area contributed by atoms with Gasteiger partial charge in [-0.2, -0.15) is 18.2 Å². The van der Waals surface area contributed by atoms with Crippen LogP contribution < -0.4 is 20.0 Å². The standard InChI is InChI=1S/C24H22ClF4N7O/c25-17-12-15(3-4-18(17)26)19-13-20(33-23(32-19)36-7-6-30-21(37)14-36)34-8-10-35(11-9-34)22-16(24(27,28)29)2-1-5-31-22/h1-5,12-13H,6-11,14H2,(H,30,37). The van der Waals surface area contributed by atoms with Gasteiger partial charge in [-0.05, 0) is 30.3 Å². The van der Waals surface area contributed by atoms with E-state index in [1.54, 1.807) is 21.9 Å². The Labute approximate surface area is 214 Å².